The van der Waals surface area contributed by atoms with Gasteiger partial charge in [-0.1, -0.05) is 0 Å². The maximum absolute atomic E-state index is 11.9. The average Bonchev–Trinajstić information content (AvgIpc) is 2.92. The number of likely N-dealkylation sites (tertiary alicyclic amines) is 1. The van der Waals surface area contributed by atoms with Gasteiger partial charge in [-0.05, 0) is 49.9 Å². The maximum atomic E-state index is 11.9. The van der Waals surface area contributed by atoms with E-state index in [4.69, 9.17) is 15.4 Å². The summed E-state index contributed by atoms with van der Waals surface area (Å²) in [5, 5.41) is 0. The molecule has 1 fully saturated rings. The fourth-order valence-electron chi connectivity index (χ4n) is 2.39. The third-order valence-corrected chi connectivity index (χ3v) is 5.23. The molecule has 2 rings (SSSR count). The molecule has 21 heavy (non-hydrogen) atoms. The molecule has 0 atom stereocenters. The van der Waals surface area contributed by atoms with Crippen LogP contribution >= 0.6 is 10.7 Å². The van der Waals surface area contributed by atoms with E-state index in [2.05, 4.69) is 0 Å². The normalized spacial score (nSPS) is 15.3. The zero-order valence-corrected chi connectivity index (χ0v) is 13.6. The molecule has 116 valence electrons. The molecule has 1 heterocycles. The van der Waals surface area contributed by atoms with Crippen molar-refractivity contribution < 1.29 is 17.9 Å². The van der Waals surface area contributed by atoms with Gasteiger partial charge in [0.1, 0.15) is 5.75 Å². The summed E-state index contributed by atoms with van der Waals surface area (Å²) in [6, 6.07) is 2.94. The zero-order valence-electron chi connectivity index (χ0n) is 12.1. The van der Waals surface area contributed by atoms with E-state index < -0.39 is 9.05 Å². The number of carbonyl (C=O) groups is 1. The van der Waals surface area contributed by atoms with Crippen LogP contribution in [0.15, 0.2) is 17.0 Å². The van der Waals surface area contributed by atoms with Crippen LogP contribution in [0.3, 0.4) is 0 Å². The lowest BCUT2D eigenvalue weighted by Gasteiger charge is -2.17. The first-order valence-electron chi connectivity index (χ1n) is 6.76. The van der Waals surface area contributed by atoms with E-state index in [0.717, 1.165) is 25.9 Å². The van der Waals surface area contributed by atoms with Gasteiger partial charge < -0.3 is 9.64 Å². The van der Waals surface area contributed by atoms with Gasteiger partial charge in [0.25, 0.3) is 15.0 Å². The first kappa shape index (κ1) is 16.1. The topological polar surface area (TPSA) is 63.7 Å². The highest BCUT2D eigenvalue weighted by Gasteiger charge is 2.20. The molecule has 1 amide bonds. The monoisotopic (exact) mass is 331 g/mol. The van der Waals surface area contributed by atoms with Gasteiger partial charge in [0, 0.05) is 23.8 Å². The SMILES string of the molecule is Cc1c(OCC(=O)N2CCCC2)ccc(S(=O)(=O)Cl)c1C. The standard InChI is InChI=1S/C14H18ClNO4S/c1-10-11(2)13(21(15,18)19)6-5-12(10)20-9-14(17)16-7-3-4-8-16/h5-6H,3-4,7-9H2,1-2H3. The molecule has 0 radical (unpaired) electrons. The van der Waals surface area contributed by atoms with E-state index in [9.17, 15) is 13.2 Å². The van der Waals surface area contributed by atoms with Crippen LogP contribution in [0.5, 0.6) is 5.75 Å². The number of ether oxygens (including phenoxy) is 1. The number of hydrogen-bond acceptors (Lipinski definition) is 4. The van der Waals surface area contributed by atoms with Gasteiger partial charge in [0.05, 0.1) is 4.90 Å². The van der Waals surface area contributed by atoms with E-state index in [1.165, 1.54) is 12.1 Å². The Labute approximate surface area is 129 Å². The Bertz CT molecular complexity index is 651. The van der Waals surface area contributed by atoms with E-state index in [1.54, 1.807) is 18.7 Å². The molecule has 1 aliphatic rings. The molecule has 1 aliphatic heterocycles. The van der Waals surface area contributed by atoms with Gasteiger partial charge >= 0.3 is 0 Å². The summed E-state index contributed by atoms with van der Waals surface area (Å²) in [6.07, 6.45) is 2.07. The van der Waals surface area contributed by atoms with Crippen LogP contribution in [0, 0.1) is 13.8 Å². The van der Waals surface area contributed by atoms with Crippen molar-refractivity contribution in [2.24, 2.45) is 0 Å². The van der Waals surface area contributed by atoms with Crippen LogP contribution in [0.25, 0.3) is 0 Å². The molecule has 1 saturated heterocycles. The minimum absolute atomic E-state index is 0.0345. The predicted octanol–water partition coefficient (Wildman–Crippen LogP) is 2.23. The Morgan fingerprint density at radius 2 is 1.86 bits per heavy atom. The second-order valence-electron chi connectivity index (χ2n) is 5.13. The Kier molecular flexibility index (Phi) is 4.78. The third-order valence-electron chi connectivity index (χ3n) is 3.76. The van der Waals surface area contributed by atoms with Crippen molar-refractivity contribution in [3.8, 4) is 5.75 Å². The Balaban J connectivity index is 2.11. The number of amides is 1. The molecule has 0 aromatic heterocycles. The van der Waals surface area contributed by atoms with Crippen molar-refractivity contribution in [2.75, 3.05) is 19.7 Å². The fourth-order valence-corrected chi connectivity index (χ4v) is 3.64. The summed E-state index contributed by atoms with van der Waals surface area (Å²) in [7, 11) is 1.60. The lowest BCUT2D eigenvalue weighted by Crippen LogP contribution is -2.32. The highest BCUT2D eigenvalue weighted by atomic mass is 35.7. The molecular formula is C14H18ClNO4S. The molecule has 0 saturated carbocycles. The summed E-state index contributed by atoms with van der Waals surface area (Å²) in [5.41, 5.74) is 1.21. The van der Waals surface area contributed by atoms with Crippen LogP contribution in [-0.2, 0) is 13.8 Å². The Morgan fingerprint density at radius 3 is 2.43 bits per heavy atom. The molecule has 0 aliphatic carbocycles. The summed E-state index contributed by atoms with van der Waals surface area (Å²) >= 11 is 0. The highest BCUT2D eigenvalue weighted by Crippen LogP contribution is 2.29. The summed E-state index contributed by atoms with van der Waals surface area (Å²) in [5.74, 6) is 0.461. The van der Waals surface area contributed by atoms with Crippen LogP contribution in [0.2, 0.25) is 0 Å². The van der Waals surface area contributed by atoms with Crippen molar-refractivity contribution >= 4 is 25.6 Å². The number of halogens is 1. The molecule has 1 aromatic carbocycles. The maximum Gasteiger partial charge on any atom is 0.261 e. The number of carbonyl (C=O) groups excluding carboxylic acids is 1. The van der Waals surface area contributed by atoms with Crippen molar-refractivity contribution in [3.05, 3.63) is 23.3 Å². The van der Waals surface area contributed by atoms with Crippen LogP contribution in [0.1, 0.15) is 24.0 Å². The lowest BCUT2D eigenvalue weighted by atomic mass is 10.1. The average molecular weight is 332 g/mol. The van der Waals surface area contributed by atoms with E-state index in [-0.39, 0.29) is 17.4 Å². The number of nitrogens with zero attached hydrogens (tertiary/aromatic N) is 1. The van der Waals surface area contributed by atoms with Gasteiger partial charge in [0.15, 0.2) is 6.61 Å². The first-order chi connectivity index (χ1) is 9.80. The molecule has 0 unspecified atom stereocenters. The van der Waals surface area contributed by atoms with Crippen LogP contribution in [-0.4, -0.2) is 38.9 Å². The molecule has 0 N–H and O–H groups in total. The van der Waals surface area contributed by atoms with E-state index >= 15 is 0 Å². The molecule has 7 heteroatoms. The van der Waals surface area contributed by atoms with Gasteiger partial charge in [-0.25, -0.2) is 8.42 Å². The minimum atomic E-state index is -3.78. The van der Waals surface area contributed by atoms with Gasteiger partial charge in [0.2, 0.25) is 0 Å². The van der Waals surface area contributed by atoms with Crippen LogP contribution < -0.4 is 4.74 Å². The largest absolute Gasteiger partial charge is 0.483 e. The molecule has 0 bridgehead atoms. The van der Waals surface area contributed by atoms with Crippen molar-refractivity contribution in [1.82, 2.24) is 4.90 Å². The van der Waals surface area contributed by atoms with Crippen molar-refractivity contribution in [3.63, 3.8) is 0 Å². The third kappa shape index (κ3) is 3.68. The molecule has 0 spiro atoms. The van der Waals surface area contributed by atoms with E-state index in [0.29, 0.717) is 16.9 Å². The van der Waals surface area contributed by atoms with Gasteiger partial charge in [-0.3, -0.25) is 4.79 Å². The predicted molar refractivity (Wildman–Crippen MR) is 80.3 cm³/mol. The zero-order chi connectivity index (χ0) is 15.6. The number of rotatable bonds is 4. The Morgan fingerprint density at radius 1 is 1.24 bits per heavy atom. The van der Waals surface area contributed by atoms with Crippen molar-refractivity contribution in [2.45, 2.75) is 31.6 Å². The molecular weight excluding hydrogens is 314 g/mol. The quantitative estimate of drug-likeness (QED) is 0.794. The van der Waals surface area contributed by atoms with Gasteiger partial charge in [-0.15, -0.1) is 0 Å². The smallest absolute Gasteiger partial charge is 0.261 e. The van der Waals surface area contributed by atoms with Crippen LogP contribution in [0.4, 0.5) is 0 Å². The fraction of sp³-hybridized carbons (Fsp3) is 0.500. The van der Waals surface area contributed by atoms with E-state index in [1.807, 2.05) is 0 Å². The summed E-state index contributed by atoms with van der Waals surface area (Å²) in [4.78, 5) is 13.8. The second kappa shape index (κ2) is 6.23. The summed E-state index contributed by atoms with van der Waals surface area (Å²) < 4.78 is 28.4. The number of benzene rings is 1. The molecule has 1 aromatic rings. The first-order valence-corrected chi connectivity index (χ1v) is 9.07. The lowest BCUT2D eigenvalue weighted by molar-refractivity contribution is -0.132. The molecule has 5 nitrogen and oxygen atoms in total. The van der Waals surface area contributed by atoms with Gasteiger partial charge in [-0.2, -0.15) is 0 Å². The second-order valence-corrected chi connectivity index (χ2v) is 7.66. The minimum Gasteiger partial charge on any atom is -0.483 e. The van der Waals surface area contributed by atoms with Crippen molar-refractivity contribution in [1.29, 1.82) is 0 Å². The highest BCUT2D eigenvalue weighted by molar-refractivity contribution is 8.13. The number of hydrogen-bond donors (Lipinski definition) is 0. The Hall–Kier alpha value is -1.27. The summed E-state index contributed by atoms with van der Waals surface area (Å²) in [6.45, 7) is 4.94.